The quantitative estimate of drug-likeness (QED) is 0.232. The Labute approximate surface area is 166 Å². The molecule has 3 amide bonds. The molecular formula is C16H26N6O5S. The molecule has 0 bridgehead atoms. The molecule has 3 atom stereocenters. The summed E-state index contributed by atoms with van der Waals surface area (Å²) >= 11 is 1.48. The third kappa shape index (κ3) is 8.39. The molecule has 0 saturated heterocycles. The second-order valence-corrected chi connectivity index (χ2v) is 7.06. The second kappa shape index (κ2) is 12.0. The van der Waals surface area contributed by atoms with E-state index in [0.717, 1.165) is 0 Å². The molecule has 0 aromatic carbocycles. The van der Waals surface area contributed by atoms with Crippen LogP contribution in [-0.2, 0) is 25.6 Å². The van der Waals surface area contributed by atoms with Gasteiger partial charge in [0.25, 0.3) is 0 Å². The van der Waals surface area contributed by atoms with Crippen LogP contribution in [0.4, 0.5) is 0 Å². The van der Waals surface area contributed by atoms with Crippen molar-refractivity contribution >= 4 is 35.5 Å². The van der Waals surface area contributed by atoms with Gasteiger partial charge in [0.1, 0.15) is 12.1 Å². The van der Waals surface area contributed by atoms with Crippen LogP contribution in [0.15, 0.2) is 12.5 Å². The molecule has 0 fully saturated rings. The van der Waals surface area contributed by atoms with Gasteiger partial charge >= 0.3 is 5.97 Å². The minimum absolute atomic E-state index is 0.235. The van der Waals surface area contributed by atoms with Crippen molar-refractivity contribution in [1.29, 1.82) is 0 Å². The highest BCUT2D eigenvalue weighted by atomic mass is 32.2. The Hall–Kier alpha value is -2.60. The summed E-state index contributed by atoms with van der Waals surface area (Å²) in [5, 5.41) is 16.1. The lowest BCUT2D eigenvalue weighted by molar-refractivity contribution is -0.141. The summed E-state index contributed by atoms with van der Waals surface area (Å²) in [4.78, 5) is 53.8. The number of nitrogens with one attached hydrogen (secondary N) is 4. The minimum Gasteiger partial charge on any atom is -0.480 e. The Morgan fingerprint density at radius 2 is 2.00 bits per heavy atom. The largest absolute Gasteiger partial charge is 0.480 e. The van der Waals surface area contributed by atoms with Gasteiger partial charge < -0.3 is 31.8 Å². The normalized spacial score (nSPS) is 13.8. The molecule has 0 saturated carbocycles. The number of H-pyrrole nitrogens is 1. The predicted molar refractivity (Wildman–Crippen MR) is 103 cm³/mol. The molecule has 3 unspecified atom stereocenters. The molecule has 0 spiro atoms. The van der Waals surface area contributed by atoms with Crippen molar-refractivity contribution in [3.8, 4) is 0 Å². The number of carboxylic acids is 1. The summed E-state index contributed by atoms with van der Waals surface area (Å²) in [7, 11) is 0. The number of aliphatic carboxylic acids is 1. The zero-order valence-electron chi connectivity index (χ0n) is 15.7. The number of aromatic amines is 1. The number of nitrogens with two attached hydrogens (primary N) is 1. The maximum atomic E-state index is 12.2. The zero-order valence-corrected chi connectivity index (χ0v) is 16.5. The molecule has 11 nitrogen and oxygen atoms in total. The van der Waals surface area contributed by atoms with Crippen LogP contribution in [0.3, 0.4) is 0 Å². The predicted octanol–water partition coefficient (Wildman–Crippen LogP) is -1.78. The van der Waals surface area contributed by atoms with Gasteiger partial charge in [-0.2, -0.15) is 11.8 Å². The fourth-order valence-electron chi connectivity index (χ4n) is 2.15. The summed E-state index contributed by atoms with van der Waals surface area (Å²) < 4.78 is 0. The smallest absolute Gasteiger partial charge is 0.325 e. The molecule has 1 aromatic heterocycles. The number of imidazole rings is 1. The van der Waals surface area contributed by atoms with Crippen molar-refractivity contribution in [2.45, 2.75) is 37.9 Å². The van der Waals surface area contributed by atoms with E-state index in [9.17, 15) is 19.2 Å². The Balaban J connectivity index is 2.51. The summed E-state index contributed by atoms with van der Waals surface area (Å²) in [5.74, 6) is -2.29. The number of aromatic nitrogens is 2. The fraction of sp³-hybridized carbons (Fsp3) is 0.562. The lowest BCUT2D eigenvalue weighted by Gasteiger charge is -2.20. The molecule has 0 aliphatic carbocycles. The van der Waals surface area contributed by atoms with Gasteiger partial charge in [-0.1, -0.05) is 0 Å². The van der Waals surface area contributed by atoms with Gasteiger partial charge in [-0.15, -0.1) is 0 Å². The maximum Gasteiger partial charge on any atom is 0.325 e. The van der Waals surface area contributed by atoms with Gasteiger partial charge in [0.05, 0.1) is 18.9 Å². The molecule has 1 aromatic rings. The highest BCUT2D eigenvalue weighted by molar-refractivity contribution is 7.98. The highest BCUT2D eigenvalue weighted by Crippen LogP contribution is 2.02. The van der Waals surface area contributed by atoms with Crippen LogP contribution in [0.1, 0.15) is 19.0 Å². The molecule has 156 valence electrons. The SMILES string of the molecule is CSCCC(NC(=O)CNC(=O)C(N)Cc1cnc[nH]1)C(=O)NC(C)C(=O)O. The van der Waals surface area contributed by atoms with Crippen LogP contribution in [-0.4, -0.2) is 75.4 Å². The van der Waals surface area contributed by atoms with Crippen molar-refractivity contribution < 1.29 is 24.3 Å². The second-order valence-electron chi connectivity index (χ2n) is 6.08. The number of hydrogen-bond donors (Lipinski definition) is 6. The van der Waals surface area contributed by atoms with E-state index in [-0.39, 0.29) is 13.0 Å². The van der Waals surface area contributed by atoms with Crippen molar-refractivity contribution in [3.63, 3.8) is 0 Å². The molecule has 1 rings (SSSR count). The minimum atomic E-state index is -1.18. The number of nitrogens with zero attached hydrogens (tertiary/aromatic N) is 1. The maximum absolute atomic E-state index is 12.2. The molecule has 0 aliphatic heterocycles. The Morgan fingerprint density at radius 3 is 2.57 bits per heavy atom. The average Bonchev–Trinajstić information content (AvgIpc) is 3.15. The van der Waals surface area contributed by atoms with E-state index in [2.05, 4.69) is 25.9 Å². The van der Waals surface area contributed by atoms with E-state index in [1.54, 1.807) is 6.20 Å². The molecule has 1 heterocycles. The number of carbonyl (C=O) groups excluding carboxylic acids is 3. The third-order valence-corrected chi connectivity index (χ3v) is 4.39. The zero-order chi connectivity index (χ0) is 21.1. The van der Waals surface area contributed by atoms with Gasteiger partial charge in [0.15, 0.2) is 0 Å². The number of hydrogen-bond acceptors (Lipinski definition) is 7. The fourth-order valence-corrected chi connectivity index (χ4v) is 2.62. The first-order valence-electron chi connectivity index (χ1n) is 8.56. The van der Waals surface area contributed by atoms with Crippen molar-refractivity contribution in [1.82, 2.24) is 25.9 Å². The first-order chi connectivity index (χ1) is 13.2. The van der Waals surface area contributed by atoms with Gasteiger partial charge in [-0.3, -0.25) is 19.2 Å². The molecule has 28 heavy (non-hydrogen) atoms. The molecule has 0 aliphatic rings. The lowest BCUT2D eigenvalue weighted by Crippen LogP contribution is -2.53. The van der Waals surface area contributed by atoms with E-state index < -0.39 is 41.8 Å². The van der Waals surface area contributed by atoms with E-state index in [1.165, 1.54) is 25.0 Å². The first-order valence-corrected chi connectivity index (χ1v) is 9.96. The average molecular weight is 414 g/mol. The first kappa shape index (κ1) is 23.4. The van der Waals surface area contributed by atoms with E-state index in [1.807, 2.05) is 6.26 Å². The van der Waals surface area contributed by atoms with E-state index in [0.29, 0.717) is 17.9 Å². The van der Waals surface area contributed by atoms with Gasteiger partial charge in [0.2, 0.25) is 17.7 Å². The molecule has 7 N–H and O–H groups in total. The van der Waals surface area contributed by atoms with Crippen LogP contribution in [0, 0.1) is 0 Å². The van der Waals surface area contributed by atoms with Crippen molar-refractivity contribution in [3.05, 3.63) is 18.2 Å². The molecule has 0 radical (unpaired) electrons. The van der Waals surface area contributed by atoms with E-state index in [4.69, 9.17) is 10.8 Å². The van der Waals surface area contributed by atoms with Crippen LogP contribution < -0.4 is 21.7 Å². The summed E-state index contributed by atoms with van der Waals surface area (Å²) in [6.07, 6.45) is 5.42. The van der Waals surface area contributed by atoms with Crippen molar-refractivity contribution in [2.75, 3.05) is 18.6 Å². The summed E-state index contributed by atoms with van der Waals surface area (Å²) in [5.41, 5.74) is 6.47. The Morgan fingerprint density at radius 1 is 1.29 bits per heavy atom. The number of thioether (sulfide) groups is 1. The van der Waals surface area contributed by atoms with Gasteiger partial charge in [-0.05, 0) is 25.4 Å². The summed E-state index contributed by atoms with van der Waals surface area (Å²) in [6.45, 7) is 0.974. The topological polar surface area (TPSA) is 179 Å². The highest BCUT2D eigenvalue weighted by Gasteiger charge is 2.24. The molecular weight excluding hydrogens is 388 g/mol. The van der Waals surface area contributed by atoms with Crippen LogP contribution >= 0.6 is 11.8 Å². The summed E-state index contributed by atoms with van der Waals surface area (Å²) in [6, 6.07) is -2.85. The number of amides is 3. The van der Waals surface area contributed by atoms with Crippen LogP contribution in [0.25, 0.3) is 0 Å². The Bertz CT molecular complexity index is 668. The Kier molecular flexibility index (Phi) is 10.0. The standard InChI is InChI=1S/C16H26N6O5S/c1-9(16(26)27)21-15(25)12(3-4-28-2)22-13(23)7-19-14(24)11(17)5-10-6-18-8-20-10/h6,8-9,11-12H,3-5,7,17H2,1-2H3,(H,18,20)(H,19,24)(H,21,25)(H,22,23)(H,26,27). The third-order valence-electron chi connectivity index (χ3n) is 3.75. The lowest BCUT2D eigenvalue weighted by atomic mass is 10.1. The van der Waals surface area contributed by atoms with E-state index >= 15 is 0 Å². The van der Waals surface area contributed by atoms with Crippen molar-refractivity contribution in [2.24, 2.45) is 5.73 Å². The van der Waals surface area contributed by atoms with Gasteiger partial charge in [-0.25, -0.2) is 4.98 Å². The number of rotatable bonds is 12. The van der Waals surface area contributed by atoms with Crippen LogP contribution in [0.5, 0.6) is 0 Å². The molecule has 12 heteroatoms. The number of carboxylic acid groups (broad SMARTS) is 1. The van der Waals surface area contributed by atoms with Gasteiger partial charge in [0, 0.05) is 18.3 Å². The monoisotopic (exact) mass is 414 g/mol. The van der Waals surface area contributed by atoms with Crippen LogP contribution in [0.2, 0.25) is 0 Å². The number of carbonyl (C=O) groups is 4.